The molecule has 0 saturated heterocycles. The van der Waals surface area contributed by atoms with Gasteiger partial charge in [-0.2, -0.15) is 0 Å². The van der Waals surface area contributed by atoms with Gasteiger partial charge in [-0.1, -0.05) is 73.5 Å². The van der Waals surface area contributed by atoms with Gasteiger partial charge < -0.3 is 4.57 Å². The second-order valence-corrected chi connectivity index (χ2v) is 7.26. The smallest absolute Gasteiger partial charge is 0.0678 e. The van der Waals surface area contributed by atoms with Gasteiger partial charge in [0.25, 0.3) is 0 Å². The Morgan fingerprint density at radius 2 is 1.81 bits per heavy atom. The second kappa shape index (κ2) is 7.79. The molecule has 27 heavy (non-hydrogen) atoms. The van der Waals surface area contributed by atoms with Crippen LogP contribution in [0.3, 0.4) is 0 Å². The summed E-state index contributed by atoms with van der Waals surface area (Å²) in [5.74, 6) is 0. The third-order valence-electron chi connectivity index (χ3n) is 5.23. The van der Waals surface area contributed by atoms with E-state index < -0.39 is 0 Å². The van der Waals surface area contributed by atoms with E-state index in [2.05, 4.69) is 84.1 Å². The Bertz CT molecular complexity index is 1040. The van der Waals surface area contributed by atoms with Crippen molar-refractivity contribution in [2.24, 2.45) is 0 Å². The van der Waals surface area contributed by atoms with Crippen LogP contribution in [-0.2, 0) is 13.0 Å². The zero-order valence-corrected chi connectivity index (χ0v) is 16.2. The van der Waals surface area contributed by atoms with E-state index in [1.165, 1.54) is 51.7 Å². The molecule has 2 nitrogen and oxygen atoms in total. The first-order valence-electron chi connectivity index (χ1n) is 9.84. The van der Waals surface area contributed by atoms with Crippen LogP contribution in [0.5, 0.6) is 0 Å². The van der Waals surface area contributed by atoms with Crippen molar-refractivity contribution in [3.8, 4) is 11.1 Å². The predicted octanol–water partition coefficient (Wildman–Crippen LogP) is 6.40. The molecule has 0 unspecified atom stereocenters. The molecular weight excluding hydrogens is 328 g/mol. The van der Waals surface area contributed by atoms with E-state index in [9.17, 15) is 0 Å². The van der Waals surface area contributed by atoms with Gasteiger partial charge in [0.1, 0.15) is 0 Å². The van der Waals surface area contributed by atoms with Crippen LogP contribution in [0.4, 0.5) is 0 Å². The van der Waals surface area contributed by atoms with E-state index in [-0.39, 0.29) is 0 Å². The average Bonchev–Trinajstić information content (AvgIpc) is 3.00. The predicted molar refractivity (Wildman–Crippen MR) is 114 cm³/mol. The highest BCUT2D eigenvalue weighted by Gasteiger charge is 2.18. The molecule has 0 aliphatic rings. The molecule has 0 amide bonds. The van der Waals surface area contributed by atoms with Crippen LogP contribution < -0.4 is 0 Å². The fourth-order valence-corrected chi connectivity index (χ4v) is 3.92. The molecule has 0 bridgehead atoms. The van der Waals surface area contributed by atoms with Crippen LogP contribution in [-0.4, -0.2) is 9.55 Å². The van der Waals surface area contributed by atoms with E-state index in [0.29, 0.717) is 0 Å². The summed E-state index contributed by atoms with van der Waals surface area (Å²) in [6, 6.07) is 21.8. The number of fused-ring (bicyclic) bond motifs is 1. The van der Waals surface area contributed by atoms with Crippen LogP contribution in [0.15, 0.2) is 73.1 Å². The maximum atomic E-state index is 4.44. The van der Waals surface area contributed by atoms with Crippen molar-refractivity contribution in [2.45, 2.75) is 39.7 Å². The molecule has 2 aromatic heterocycles. The number of hydrogen-bond donors (Lipinski definition) is 0. The third kappa shape index (κ3) is 3.52. The number of rotatable bonds is 6. The molecule has 0 N–H and O–H groups in total. The van der Waals surface area contributed by atoms with E-state index in [1.807, 2.05) is 12.4 Å². The molecule has 4 rings (SSSR count). The monoisotopic (exact) mass is 354 g/mol. The van der Waals surface area contributed by atoms with E-state index in [1.54, 1.807) is 0 Å². The molecular formula is C25H26N2. The van der Waals surface area contributed by atoms with Crippen molar-refractivity contribution < 1.29 is 0 Å². The Kier molecular flexibility index (Phi) is 5.06. The second-order valence-electron chi connectivity index (χ2n) is 7.26. The summed E-state index contributed by atoms with van der Waals surface area (Å²) in [7, 11) is 0. The van der Waals surface area contributed by atoms with Crippen molar-refractivity contribution in [1.29, 1.82) is 0 Å². The largest absolute Gasteiger partial charge is 0.338 e. The minimum absolute atomic E-state index is 0.883. The third-order valence-corrected chi connectivity index (χ3v) is 5.23. The SMILES string of the molecule is CCCCc1c(-c2cccc(C)c2)c2ccncc2n1Cc1ccccc1. The Morgan fingerprint density at radius 3 is 2.59 bits per heavy atom. The van der Waals surface area contributed by atoms with Crippen LogP contribution in [0, 0.1) is 6.92 Å². The maximum Gasteiger partial charge on any atom is 0.0678 e. The van der Waals surface area contributed by atoms with Gasteiger partial charge in [0.05, 0.1) is 11.7 Å². The van der Waals surface area contributed by atoms with Gasteiger partial charge in [0.2, 0.25) is 0 Å². The first kappa shape index (κ1) is 17.5. The highest BCUT2D eigenvalue weighted by molar-refractivity contribution is 5.98. The summed E-state index contributed by atoms with van der Waals surface area (Å²) in [6.45, 7) is 5.31. The Hall–Kier alpha value is -2.87. The fourth-order valence-electron chi connectivity index (χ4n) is 3.92. The molecule has 0 spiro atoms. The van der Waals surface area contributed by atoms with E-state index in [4.69, 9.17) is 0 Å². The highest BCUT2D eigenvalue weighted by Crippen LogP contribution is 2.36. The standard InChI is InChI=1S/C25H26N2/c1-3-4-13-23-25(21-12-8-9-19(2)16-21)22-14-15-26-17-24(22)27(23)18-20-10-6-5-7-11-20/h5-12,14-17H,3-4,13,18H2,1-2H3. The van der Waals surface area contributed by atoms with Crippen molar-refractivity contribution in [3.05, 3.63) is 89.9 Å². The summed E-state index contributed by atoms with van der Waals surface area (Å²) >= 11 is 0. The number of aryl methyl sites for hydroxylation is 1. The van der Waals surface area contributed by atoms with Gasteiger partial charge in [0, 0.05) is 29.4 Å². The lowest BCUT2D eigenvalue weighted by atomic mass is 9.98. The quantitative estimate of drug-likeness (QED) is 0.391. The molecule has 2 heterocycles. The first-order chi connectivity index (χ1) is 13.3. The van der Waals surface area contributed by atoms with Gasteiger partial charge in [-0.3, -0.25) is 4.98 Å². The molecule has 0 radical (unpaired) electrons. The molecule has 2 aromatic carbocycles. The molecule has 0 aliphatic carbocycles. The molecule has 136 valence electrons. The van der Waals surface area contributed by atoms with E-state index in [0.717, 1.165) is 13.0 Å². The number of unbranched alkanes of at least 4 members (excludes halogenated alkanes) is 1. The number of benzene rings is 2. The van der Waals surface area contributed by atoms with Crippen LogP contribution >= 0.6 is 0 Å². The van der Waals surface area contributed by atoms with Crippen LogP contribution in [0.1, 0.15) is 36.6 Å². The molecule has 0 saturated carbocycles. The lowest BCUT2D eigenvalue weighted by molar-refractivity contribution is 0.712. The van der Waals surface area contributed by atoms with Gasteiger partial charge >= 0.3 is 0 Å². The molecule has 0 atom stereocenters. The van der Waals surface area contributed by atoms with Crippen molar-refractivity contribution in [1.82, 2.24) is 9.55 Å². The first-order valence-corrected chi connectivity index (χ1v) is 9.84. The number of hydrogen-bond acceptors (Lipinski definition) is 1. The number of pyridine rings is 1. The summed E-state index contributed by atoms with van der Waals surface area (Å²) in [6.07, 6.45) is 7.40. The minimum Gasteiger partial charge on any atom is -0.338 e. The zero-order chi connectivity index (χ0) is 18.6. The molecule has 2 heteroatoms. The summed E-state index contributed by atoms with van der Waals surface area (Å²) in [5.41, 5.74) is 7.96. The van der Waals surface area contributed by atoms with Gasteiger partial charge in [-0.05, 0) is 37.0 Å². The summed E-state index contributed by atoms with van der Waals surface area (Å²) in [4.78, 5) is 4.44. The summed E-state index contributed by atoms with van der Waals surface area (Å²) < 4.78 is 2.48. The maximum absolute atomic E-state index is 4.44. The topological polar surface area (TPSA) is 17.8 Å². The lowest BCUT2D eigenvalue weighted by Crippen LogP contribution is -2.05. The molecule has 0 fully saturated rings. The highest BCUT2D eigenvalue weighted by atomic mass is 15.0. The minimum atomic E-state index is 0.883. The zero-order valence-electron chi connectivity index (χ0n) is 16.2. The van der Waals surface area contributed by atoms with Crippen molar-refractivity contribution in [2.75, 3.05) is 0 Å². The Morgan fingerprint density at radius 1 is 0.963 bits per heavy atom. The molecule has 4 aromatic rings. The van der Waals surface area contributed by atoms with Crippen LogP contribution in [0.2, 0.25) is 0 Å². The van der Waals surface area contributed by atoms with Crippen molar-refractivity contribution >= 4 is 10.9 Å². The Balaban J connectivity index is 1.95. The molecule has 0 aliphatic heterocycles. The number of aromatic nitrogens is 2. The average molecular weight is 354 g/mol. The Labute approximate surface area is 161 Å². The normalized spacial score (nSPS) is 11.2. The van der Waals surface area contributed by atoms with E-state index >= 15 is 0 Å². The van der Waals surface area contributed by atoms with Gasteiger partial charge in [0.15, 0.2) is 0 Å². The lowest BCUT2D eigenvalue weighted by Gasteiger charge is -2.13. The van der Waals surface area contributed by atoms with Crippen molar-refractivity contribution in [3.63, 3.8) is 0 Å². The van der Waals surface area contributed by atoms with Gasteiger partial charge in [-0.15, -0.1) is 0 Å². The van der Waals surface area contributed by atoms with Crippen LogP contribution in [0.25, 0.3) is 22.0 Å². The fraction of sp³-hybridized carbons (Fsp3) is 0.240. The van der Waals surface area contributed by atoms with Gasteiger partial charge in [-0.25, -0.2) is 0 Å². The summed E-state index contributed by atoms with van der Waals surface area (Å²) in [5, 5.41) is 1.30. The number of nitrogens with zero attached hydrogens (tertiary/aromatic N) is 2.